The molecule has 3 rings (SSSR count). The number of hydrogen-bond donors (Lipinski definition) is 0. The van der Waals surface area contributed by atoms with Gasteiger partial charge in [-0.15, -0.1) is 0 Å². The molecular formula is C16H20F2N4. The molecule has 0 N–H and O–H groups in total. The summed E-state index contributed by atoms with van der Waals surface area (Å²) >= 11 is 0. The van der Waals surface area contributed by atoms with Gasteiger partial charge in [0.1, 0.15) is 18.0 Å². The summed E-state index contributed by atoms with van der Waals surface area (Å²) < 4.78 is 28.3. The highest BCUT2D eigenvalue weighted by Gasteiger charge is 2.22. The van der Waals surface area contributed by atoms with E-state index in [9.17, 15) is 8.78 Å². The smallest absolute Gasteiger partial charge is 0.223 e. The lowest BCUT2D eigenvalue weighted by Gasteiger charge is -2.32. The molecule has 1 saturated heterocycles. The fraction of sp³-hybridized carbons (Fsp3) is 0.500. The maximum atomic E-state index is 13.6. The minimum Gasteiger partial charge on any atom is -0.341 e. The van der Waals surface area contributed by atoms with E-state index in [1.807, 2.05) is 7.05 Å². The number of halogens is 2. The molecule has 0 unspecified atom stereocenters. The molecule has 1 aromatic carbocycles. The number of piperidine rings is 1. The summed E-state index contributed by atoms with van der Waals surface area (Å²) in [5, 5.41) is 4.10. The first kappa shape index (κ1) is 14.9. The predicted octanol–water partition coefficient (Wildman–Crippen LogP) is 2.94. The second-order valence-electron chi connectivity index (χ2n) is 5.89. The molecule has 0 amide bonds. The molecule has 1 aliphatic rings. The largest absolute Gasteiger partial charge is 0.341 e. The number of hydrogen-bond acceptors (Lipinski definition) is 3. The van der Waals surface area contributed by atoms with Gasteiger partial charge in [-0.2, -0.15) is 10.1 Å². The maximum absolute atomic E-state index is 13.6. The van der Waals surface area contributed by atoms with Crippen molar-refractivity contribution < 1.29 is 8.78 Å². The lowest BCUT2D eigenvalue weighted by Crippen LogP contribution is -2.35. The third-order valence-corrected chi connectivity index (χ3v) is 4.42. The van der Waals surface area contributed by atoms with Crippen LogP contribution in [0.1, 0.15) is 24.8 Å². The van der Waals surface area contributed by atoms with Gasteiger partial charge in [0, 0.05) is 26.2 Å². The summed E-state index contributed by atoms with van der Waals surface area (Å²) in [6.45, 7) is 1.90. The van der Waals surface area contributed by atoms with Gasteiger partial charge in [-0.25, -0.2) is 13.5 Å². The van der Waals surface area contributed by atoms with Crippen LogP contribution < -0.4 is 4.90 Å². The lowest BCUT2D eigenvalue weighted by molar-refractivity contribution is 0.375. The molecule has 0 aliphatic carbocycles. The van der Waals surface area contributed by atoms with Crippen molar-refractivity contribution in [3.05, 3.63) is 41.7 Å². The quantitative estimate of drug-likeness (QED) is 0.871. The fourth-order valence-corrected chi connectivity index (χ4v) is 3.08. The molecule has 0 bridgehead atoms. The van der Waals surface area contributed by atoms with E-state index in [1.54, 1.807) is 17.1 Å². The number of benzene rings is 1. The van der Waals surface area contributed by atoms with E-state index >= 15 is 0 Å². The monoisotopic (exact) mass is 306 g/mol. The maximum Gasteiger partial charge on any atom is 0.223 e. The van der Waals surface area contributed by atoms with Crippen LogP contribution in [0.5, 0.6) is 0 Å². The highest BCUT2D eigenvalue weighted by atomic mass is 19.1. The Kier molecular flexibility index (Phi) is 4.36. The number of nitrogens with zero attached hydrogens (tertiary/aromatic N) is 4. The van der Waals surface area contributed by atoms with E-state index in [0.717, 1.165) is 44.4 Å². The Hall–Kier alpha value is -1.98. The Morgan fingerprint density at radius 2 is 2.00 bits per heavy atom. The van der Waals surface area contributed by atoms with E-state index in [2.05, 4.69) is 15.0 Å². The molecule has 0 saturated carbocycles. The van der Waals surface area contributed by atoms with Gasteiger partial charge < -0.3 is 4.90 Å². The third-order valence-electron chi connectivity index (χ3n) is 4.42. The van der Waals surface area contributed by atoms with E-state index < -0.39 is 11.6 Å². The van der Waals surface area contributed by atoms with Crippen molar-refractivity contribution in [1.82, 2.24) is 14.8 Å². The Bertz CT molecular complexity index is 633. The first-order chi connectivity index (χ1) is 10.6. The van der Waals surface area contributed by atoms with Gasteiger partial charge in [-0.3, -0.25) is 0 Å². The molecule has 0 radical (unpaired) electrons. The van der Waals surface area contributed by atoms with Gasteiger partial charge in [0.2, 0.25) is 5.95 Å². The zero-order valence-corrected chi connectivity index (χ0v) is 12.7. The van der Waals surface area contributed by atoms with Crippen LogP contribution in [0.2, 0.25) is 0 Å². The highest BCUT2D eigenvalue weighted by molar-refractivity contribution is 5.29. The summed E-state index contributed by atoms with van der Waals surface area (Å²) in [7, 11) is 1.89. The van der Waals surface area contributed by atoms with Crippen LogP contribution in [-0.4, -0.2) is 27.9 Å². The molecule has 0 atom stereocenters. The first-order valence-corrected chi connectivity index (χ1v) is 7.66. The Morgan fingerprint density at radius 1 is 1.23 bits per heavy atom. The molecule has 0 spiro atoms. The van der Waals surface area contributed by atoms with Crippen molar-refractivity contribution in [2.24, 2.45) is 13.0 Å². The van der Waals surface area contributed by atoms with E-state index in [-0.39, 0.29) is 0 Å². The minimum absolute atomic E-state index is 0.434. The SMILES string of the molecule is Cn1ncnc1N1CCC(CCc2ccc(F)cc2F)CC1. The zero-order chi connectivity index (χ0) is 15.5. The first-order valence-electron chi connectivity index (χ1n) is 7.66. The summed E-state index contributed by atoms with van der Waals surface area (Å²) in [4.78, 5) is 6.51. The van der Waals surface area contributed by atoms with Crippen LogP contribution in [0.3, 0.4) is 0 Å². The summed E-state index contributed by atoms with van der Waals surface area (Å²) in [6, 6.07) is 3.85. The van der Waals surface area contributed by atoms with Crippen molar-refractivity contribution >= 4 is 5.95 Å². The normalized spacial score (nSPS) is 16.2. The third kappa shape index (κ3) is 3.26. The molecule has 1 fully saturated rings. The zero-order valence-electron chi connectivity index (χ0n) is 12.7. The molecule has 6 heteroatoms. The summed E-state index contributed by atoms with van der Waals surface area (Å²) in [5.41, 5.74) is 0.608. The van der Waals surface area contributed by atoms with Crippen LogP contribution in [0.4, 0.5) is 14.7 Å². The molecule has 2 aromatic rings. The Morgan fingerprint density at radius 3 is 2.64 bits per heavy atom. The van der Waals surface area contributed by atoms with Gasteiger partial charge in [0.05, 0.1) is 0 Å². The van der Waals surface area contributed by atoms with Gasteiger partial charge in [-0.1, -0.05) is 6.07 Å². The van der Waals surface area contributed by atoms with Crippen LogP contribution in [0, 0.1) is 17.6 Å². The number of anilines is 1. The highest BCUT2D eigenvalue weighted by Crippen LogP contribution is 2.25. The average molecular weight is 306 g/mol. The topological polar surface area (TPSA) is 34.0 Å². The van der Waals surface area contributed by atoms with Crippen molar-refractivity contribution in [1.29, 1.82) is 0 Å². The van der Waals surface area contributed by atoms with Crippen molar-refractivity contribution in [2.75, 3.05) is 18.0 Å². The van der Waals surface area contributed by atoms with Crippen molar-refractivity contribution in [3.8, 4) is 0 Å². The van der Waals surface area contributed by atoms with Gasteiger partial charge in [-0.05, 0) is 43.2 Å². The van der Waals surface area contributed by atoms with E-state index in [4.69, 9.17) is 0 Å². The van der Waals surface area contributed by atoms with Crippen molar-refractivity contribution in [2.45, 2.75) is 25.7 Å². The van der Waals surface area contributed by atoms with Crippen LogP contribution in [-0.2, 0) is 13.5 Å². The fourth-order valence-electron chi connectivity index (χ4n) is 3.08. The average Bonchev–Trinajstić information content (AvgIpc) is 2.93. The van der Waals surface area contributed by atoms with Crippen LogP contribution in [0.15, 0.2) is 24.5 Å². The van der Waals surface area contributed by atoms with Crippen molar-refractivity contribution in [3.63, 3.8) is 0 Å². The van der Waals surface area contributed by atoms with Gasteiger partial charge in [0.15, 0.2) is 0 Å². The number of rotatable bonds is 4. The van der Waals surface area contributed by atoms with Gasteiger partial charge in [0.25, 0.3) is 0 Å². The predicted molar refractivity (Wildman–Crippen MR) is 80.6 cm³/mol. The second kappa shape index (κ2) is 6.42. The standard InChI is InChI=1S/C16H20F2N4/c1-21-16(19-11-20-21)22-8-6-12(7-9-22)2-3-13-4-5-14(17)10-15(13)18/h4-5,10-12H,2-3,6-9H2,1H3. The molecule has 1 aromatic heterocycles. The molecular weight excluding hydrogens is 286 g/mol. The lowest BCUT2D eigenvalue weighted by atomic mass is 9.90. The summed E-state index contributed by atoms with van der Waals surface area (Å²) in [6.07, 6.45) is 5.31. The van der Waals surface area contributed by atoms with Crippen LogP contribution in [0.25, 0.3) is 0 Å². The summed E-state index contributed by atoms with van der Waals surface area (Å²) in [5.74, 6) is 0.534. The van der Waals surface area contributed by atoms with Crippen LogP contribution >= 0.6 is 0 Å². The molecule has 118 valence electrons. The molecule has 1 aliphatic heterocycles. The van der Waals surface area contributed by atoms with E-state index in [1.165, 1.54) is 6.07 Å². The molecule has 22 heavy (non-hydrogen) atoms. The Balaban J connectivity index is 1.51. The Labute approximate surface area is 128 Å². The molecule has 4 nitrogen and oxygen atoms in total. The molecule has 2 heterocycles. The van der Waals surface area contributed by atoms with E-state index in [0.29, 0.717) is 17.9 Å². The number of aryl methyl sites for hydroxylation is 2. The van der Waals surface area contributed by atoms with Gasteiger partial charge >= 0.3 is 0 Å². The second-order valence-corrected chi connectivity index (χ2v) is 5.89. The number of aromatic nitrogens is 3. The minimum atomic E-state index is -0.516.